The van der Waals surface area contributed by atoms with Gasteiger partial charge in [-0.25, -0.2) is 0 Å². The van der Waals surface area contributed by atoms with Gasteiger partial charge in [0.05, 0.1) is 5.92 Å². The minimum atomic E-state index is -0.155. The molecular weight excluding hydrogens is 276 g/mol. The lowest BCUT2D eigenvalue weighted by Gasteiger charge is -2.25. The van der Waals surface area contributed by atoms with Crippen LogP contribution in [0.4, 0.5) is 5.69 Å². The number of para-hydroxylation sites is 2. The van der Waals surface area contributed by atoms with Crippen molar-refractivity contribution in [3.63, 3.8) is 0 Å². The van der Waals surface area contributed by atoms with E-state index in [4.69, 9.17) is 4.74 Å². The van der Waals surface area contributed by atoms with Crippen LogP contribution in [0.1, 0.15) is 11.1 Å². The fourth-order valence-electron chi connectivity index (χ4n) is 2.72. The van der Waals surface area contributed by atoms with Gasteiger partial charge in [-0.05, 0) is 36.7 Å². The van der Waals surface area contributed by atoms with Crippen LogP contribution in [0.2, 0.25) is 0 Å². The first-order valence-electron chi connectivity index (χ1n) is 7.52. The Kier molecular flexibility index (Phi) is 4.39. The van der Waals surface area contributed by atoms with Crippen molar-refractivity contribution >= 4 is 11.6 Å². The third kappa shape index (κ3) is 3.12. The summed E-state index contributed by atoms with van der Waals surface area (Å²) in [5.74, 6) is 0.748. The van der Waals surface area contributed by atoms with Crippen molar-refractivity contribution in [1.29, 1.82) is 0 Å². The summed E-state index contributed by atoms with van der Waals surface area (Å²) in [6.45, 7) is 1.15. The lowest BCUT2D eigenvalue weighted by Crippen LogP contribution is -2.33. The van der Waals surface area contributed by atoms with E-state index in [1.165, 1.54) is 0 Å². The first kappa shape index (κ1) is 14.6. The topological polar surface area (TPSA) is 50.4 Å². The van der Waals surface area contributed by atoms with Crippen LogP contribution in [0.25, 0.3) is 0 Å². The lowest BCUT2D eigenvalue weighted by atomic mass is 9.96. The Morgan fingerprint density at radius 3 is 2.82 bits per heavy atom. The van der Waals surface area contributed by atoms with Crippen LogP contribution in [0.5, 0.6) is 5.75 Å². The molecule has 0 aromatic heterocycles. The fourth-order valence-corrected chi connectivity index (χ4v) is 2.72. The first-order valence-corrected chi connectivity index (χ1v) is 7.52. The molecule has 0 radical (unpaired) electrons. The second-order valence-electron chi connectivity index (χ2n) is 5.50. The van der Waals surface area contributed by atoms with Gasteiger partial charge >= 0.3 is 0 Å². The molecule has 1 atom stereocenters. The van der Waals surface area contributed by atoms with Crippen LogP contribution >= 0.6 is 0 Å². The highest BCUT2D eigenvalue weighted by Gasteiger charge is 2.26. The van der Waals surface area contributed by atoms with E-state index in [1.54, 1.807) is 0 Å². The number of ether oxygens (including phenoxy) is 1. The number of carbonyl (C=O) groups excluding carboxylic acids is 1. The summed E-state index contributed by atoms with van der Waals surface area (Å²) < 4.78 is 5.70. The molecule has 22 heavy (non-hydrogen) atoms. The Morgan fingerprint density at radius 2 is 1.95 bits per heavy atom. The maximum Gasteiger partial charge on any atom is 0.231 e. The minimum Gasteiger partial charge on any atom is -0.492 e. The molecule has 1 heterocycles. The molecular formula is C18H20N2O2. The Balaban J connectivity index is 1.71. The van der Waals surface area contributed by atoms with Gasteiger partial charge in [0.15, 0.2) is 0 Å². The molecule has 0 bridgehead atoms. The SMILES string of the molecule is CNCc1ccccc1NC(=O)C1COc2ccccc2C1. The van der Waals surface area contributed by atoms with Gasteiger partial charge in [0.2, 0.25) is 5.91 Å². The number of anilines is 1. The molecule has 0 aliphatic carbocycles. The summed E-state index contributed by atoms with van der Waals surface area (Å²) in [7, 11) is 1.89. The van der Waals surface area contributed by atoms with Gasteiger partial charge in [0.25, 0.3) is 0 Å². The number of fused-ring (bicyclic) bond motifs is 1. The largest absolute Gasteiger partial charge is 0.492 e. The van der Waals surface area contributed by atoms with Crippen molar-refractivity contribution in [2.45, 2.75) is 13.0 Å². The second-order valence-corrected chi connectivity index (χ2v) is 5.50. The van der Waals surface area contributed by atoms with Crippen molar-refractivity contribution in [1.82, 2.24) is 5.32 Å². The molecule has 3 rings (SSSR count). The maximum absolute atomic E-state index is 12.5. The second kappa shape index (κ2) is 6.62. The maximum atomic E-state index is 12.5. The molecule has 4 nitrogen and oxygen atoms in total. The Bertz CT molecular complexity index is 670. The summed E-state index contributed by atoms with van der Waals surface area (Å²) in [4.78, 5) is 12.5. The van der Waals surface area contributed by atoms with E-state index < -0.39 is 0 Å². The summed E-state index contributed by atoms with van der Waals surface area (Å²) in [6.07, 6.45) is 0.718. The van der Waals surface area contributed by atoms with Crippen LogP contribution < -0.4 is 15.4 Å². The van der Waals surface area contributed by atoms with Crippen molar-refractivity contribution in [2.75, 3.05) is 19.0 Å². The number of amides is 1. The molecule has 2 aromatic carbocycles. The summed E-state index contributed by atoms with van der Waals surface area (Å²) in [5.41, 5.74) is 3.04. The van der Waals surface area contributed by atoms with E-state index in [0.717, 1.165) is 35.5 Å². The van der Waals surface area contributed by atoms with Crippen molar-refractivity contribution in [2.24, 2.45) is 5.92 Å². The Hall–Kier alpha value is -2.33. The predicted molar refractivity (Wildman–Crippen MR) is 87.0 cm³/mol. The van der Waals surface area contributed by atoms with Crippen molar-refractivity contribution in [3.8, 4) is 5.75 Å². The van der Waals surface area contributed by atoms with Gasteiger partial charge < -0.3 is 15.4 Å². The number of carbonyl (C=O) groups is 1. The predicted octanol–water partition coefficient (Wildman–Crippen LogP) is 2.60. The normalized spacial score (nSPS) is 16.5. The zero-order valence-corrected chi connectivity index (χ0v) is 12.6. The molecule has 2 aromatic rings. The third-order valence-electron chi connectivity index (χ3n) is 3.89. The number of hydrogen-bond acceptors (Lipinski definition) is 3. The van der Waals surface area contributed by atoms with Crippen molar-refractivity contribution < 1.29 is 9.53 Å². The summed E-state index contributed by atoms with van der Waals surface area (Å²) in [5, 5.41) is 6.15. The molecule has 0 spiro atoms. The fraction of sp³-hybridized carbons (Fsp3) is 0.278. The van der Waals surface area contributed by atoms with Crippen molar-refractivity contribution in [3.05, 3.63) is 59.7 Å². The average molecular weight is 296 g/mol. The van der Waals surface area contributed by atoms with Gasteiger partial charge in [-0.2, -0.15) is 0 Å². The summed E-state index contributed by atoms with van der Waals surface area (Å²) in [6, 6.07) is 15.7. The quantitative estimate of drug-likeness (QED) is 0.912. The monoisotopic (exact) mass is 296 g/mol. The lowest BCUT2D eigenvalue weighted by molar-refractivity contribution is -0.121. The number of benzene rings is 2. The molecule has 0 saturated heterocycles. The zero-order chi connectivity index (χ0) is 15.4. The smallest absolute Gasteiger partial charge is 0.231 e. The van der Waals surface area contributed by atoms with E-state index in [2.05, 4.69) is 10.6 Å². The highest BCUT2D eigenvalue weighted by atomic mass is 16.5. The van der Waals surface area contributed by atoms with Gasteiger partial charge in [0, 0.05) is 12.2 Å². The number of hydrogen-bond donors (Lipinski definition) is 2. The van der Waals surface area contributed by atoms with Crippen LogP contribution in [-0.4, -0.2) is 19.6 Å². The standard InChI is InChI=1S/C18H20N2O2/c1-19-11-14-7-2-4-8-16(14)20-18(21)15-10-13-6-3-5-9-17(13)22-12-15/h2-9,15,19H,10-12H2,1H3,(H,20,21). The first-order chi connectivity index (χ1) is 10.8. The number of rotatable bonds is 4. The van der Waals surface area contributed by atoms with Crippen LogP contribution in [0, 0.1) is 5.92 Å². The van der Waals surface area contributed by atoms with Crippen LogP contribution in [0.3, 0.4) is 0 Å². The Morgan fingerprint density at radius 1 is 1.18 bits per heavy atom. The molecule has 114 valence electrons. The molecule has 1 aliphatic heterocycles. The molecule has 1 unspecified atom stereocenters. The summed E-state index contributed by atoms with van der Waals surface area (Å²) >= 11 is 0. The molecule has 2 N–H and O–H groups in total. The molecule has 1 amide bonds. The molecule has 0 fully saturated rings. The van der Waals surface area contributed by atoms with Crippen LogP contribution in [0.15, 0.2) is 48.5 Å². The van der Waals surface area contributed by atoms with Gasteiger partial charge in [-0.1, -0.05) is 36.4 Å². The Labute approximate surface area is 130 Å². The van der Waals surface area contributed by atoms with Gasteiger partial charge in [-0.15, -0.1) is 0 Å². The van der Waals surface area contributed by atoms with E-state index >= 15 is 0 Å². The molecule has 0 saturated carbocycles. The highest BCUT2D eigenvalue weighted by Crippen LogP contribution is 2.27. The van der Waals surface area contributed by atoms with E-state index in [9.17, 15) is 4.79 Å². The average Bonchev–Trinajstić information content (AvgIpc) is 2.56. The van der Waals surface area contributed by atoms with Gasteiger partial charge in [-0.3, -0.25) is 4.79 Å². The van der Waals surface area contributed by atoms with E-state index in [1.807, 2.05) is 55.6 Å². The minimum absolute atomic E-state index is 0.0121. The van der Waals surface area contributed by atoms with E-state index in [-0.39, 0.29) is 11.8 Å². The van der Waals surface area contributed by atoms with Crippen LogP contribution in [-0.2, 0) is 17.8 Å². The van der Waals surface area contributed by atoms with Gasteiger partial charge in [0.1, 0.15) is 12.4 Å². The third-order valence-corrected chi connectivity index (χ3v) is 3.89. The zero-order valence-electron chi connectivity index (χ0n) is 12.6. The number of nitrogens with one attached hydrogen (secondary N) is 2. The molecule has 4 heteroatoms. The highest BCUT2D eigenvalue weighted by molar-refractivity contribution is 5.93. The van der Waals surface area contributed by atoms with E-state index in [0.29, 0.717) is 6.61 Å². The molecule has 1 aliphatic rings.